The number of anilines is 1. The van der Waals surface area contributed by atoms with Crippen molar-refractivity contribution in [3.63, 3.8) is 0 Å². The molecule has 0 aliphatic heterocycles. The minimum Gasteiger partial charge on any atom is -0.278 e. The number of hydrogen-bond acceptors (Lipinski definition) is 2. The van der Waals surface area contributed by atoms with E-state index in [0.29, 0.717) is 20.7 Å². The third kappa shape index (κ3) is 3.80. The van der Waals surface area contributed by atoms with Crippen LogP contribution in [0.1, 0.15) is 11.1 Å². The van der Waals surface area contributed by atoms with Crippen LogP contribution in [-0.2, 0) is 10.0 Å². The van der Waals surface area contributed by atoms with Gasteiger partial charge in [-0.15, -0.1) is 0 Å². The Morgan fingerprint density at radius 3 is 2.33 bits per heavy atom. The molecule has 0 atom stereocenters. The van der Waals surface area contributed by atoms with Crippen LogP contribution in [0, 0.1) is 13.8 Å². The van der Waals surface area contributed by atoms with Crippen LogP contribution in [0.25, 0.3) is 0 Å². The molecule has 0 radical (unpaired) electrons. The standard InChI is InChI=1S/C14H12Br2ClNO2S/c1-8-6-14(9(2)5-12(8)17)21(19,20)18-13-4-3-10(15)7-11(13)16/h3-7,18H,1-2H3. The molecule has 0 amide bonds. The average Bonchev–Trinajstić information content (AvgIpc) is 2.37. The summed E-state index contributed by atoms with van der Waals surface area (Å²) >= 11 is 12.7. The summed E-state index contributed by atoms with van der Waals surface area (Å²) in [7, 11) is -3.67. The maximum absolute atomic E-state index is 12.5. The van der Waals surface area contributed by atoms with E-state index in [1.165, 1.54) is 0 Å². The number of sulfonamides is 1. The Morgan fingerprint density at radius 2 is 1.71 bits per heavy atom. The Morgan fingerprint density at radius 1 is 1.05 bits per heavy atom. The van der Waals surface area contributed by atoms with Crippen molar-refractivity contribution in [3.05, 3.63) is 55.4 Å². The van der Waals surface area contributed by atoms with Crippen LogP contribution in [0.5, 0.6) is 0 Å². The lowest BCUT2D eigenvalue weighted by atomic mass is 10.2. The van der Waals surface area contributed by atoms with E-state index in [-0.39, 0.29) is 4.90 Å². The first-order valence-electron chi connectivity index (χ1n) is 5.95. The molecule has 0 unspecified atom stereocenters. The van der Waals surface area contributed by atoms with E-state index in [4.69, 9.17) is 11.6 Å². The number of nitrogens with one attached hydrogen (secondary N) is 1. The van der Waals surface area contributed by atoms with Crippen LogP contribution in [-0.4, -0.2) is 8.42 Å². The van der Waals surface area contributed by atoms with Crippen molar-refractivity contribution < 1.29 is 8.42 Å². The largest absolute Gasteiger partial charge is 0.278 e. The third-order valence-corrected chi connectivity index (χ3v) is 5.99. The normalized spacial score (nSPS) is 11.5. The van der Waals surface area contributed by atoms with Gasteiger partial charge in [0.25, 0.3) is 10.0 Å². The number of benzene rings is 2. The van der Waals surface area contributed by atoms with E-state index in [1.807, 2.05) is 0 Å². The molecule has 0 bridgehead atoms. The van der Waals surface area contributed by atoms with Gasteiger partial charge in [0.1, 0.15) is 0 Å². The van der Waals surface area contributed by atoms with E-state index in [2.05, 4.69) is 36.6 Å². The molecule has 0 aliphatic carbocycles. The van der Waals surface area contributed by atoms with Crippen molar-refractivity contribution in [3.8, 4) is 0 Å². The Bertz CT molecular complexity index is 807. The first kappa shape index (κ1) is 16.8. The summed E-state index contributed by atoms with van der Waals surface area (Å²) in [5.41, 5.74) is 1.80. The third-order valence-electron chi connectivity index (χ3n) is 2.92. The molecule has 0 fully saturated rings. The Kier molecular flexibility index (Phi) is 5.03. The maximum atomic E-state index is 12.5. The topological polar surface area (TPSA) is 46.2 Å². The zero-order valence-electron chi connectivity index (χ0n) is 11.2. The molecule has 3 nitrogen and oxygen atoms in total. The maximum Gasteiger partial charge on any atom is 0.262 e. The van der Waals surface area contributed by atoms with Gasteiger partial charge in [0, 0.05) is 14.0 Å². The molecular weight excluding hydrogens is 441 g/mol. The molecule has 1 N–H and O–H groups in total. The summed E-state index contributed by atoms with van der Waals surface area (Å²) in [5, 5.41) is 0.552. The van der Waals surface area contributed by atoms with Crippen LogP contribution < -0.4 is 4.72 Å². The SMILES string of the molecule is Cc1cc(S(=O)(=O)Nc2ccc(Br)cc2Br)c(C)cc1Cl. The molecule has 0 aromatic heterocycles. The van der Waals surface area contributed by atoms with Crippen LogP contribution >= 0.6 is 43.5 Å². The van der Waals surface area contributed by atoms with Gasteiger partial charge in [-0.1, -0.05) is 27.5 Å². The van der Waals surface area contributed by atoms with E-state index in [9.17, 15) is 8.42 Å². The first-order chi connectivity index (χ1) is 9.70. The van der Waals surface area contributed by atoms with E-state index < -0.39 is 10.0 Å². The molecule has 2 aromatic rings. The van der Waals surface area contributed by atoms with Crippen molar-refractivity contribution in [2.45, 2.75) is 18.7 Å². The fraction of sp³-hybridized carbons (Fsp3) is 0.143. The average molecular weight is 454 g/mol. The molecule has 0 saturated carbocycles. The molecular formula is C14H12Br2ClNO2S. The molecule has 0 heterocycles. The molecule has 7 heteroatoms. The fourth-order valence-electron chi connectivity index (χ4n) is 1.82. The molecule has 112 valence electrons. The van der Waals surface area contributed by atoms with Crippen molar-refractivity contribution in [2.75, 3.05) is 4.72 Å². The van der Waals surface area contributed by atoms with Gasteiger partial charge in [0.15, 0.2) is 0 Å². The number of hydrogen-bond donors (Lipinski definition) is 1. The zero-order valence-corrected chi connectivity index (χ0v) is 16.0. The Hall–Kier alpha value is -0.560. The molecule has 0 spiro atoms. The Labute approximate surface area is 146 Å². The van der Waals surface area contributed by atoms with Gasteiger partial charge in [-0.3, -0.25) is 4.72 Å². The highest BCUT2D eigenvalue weighted by Gasteiger charge is 2.19. The van der Waals surface area contributed by atoms with E-state index in [0.717, 1.165) is 10.0 Å². The van der Waals surface area contributed by atoms with Gasteiger partial charge in [-0.05, 0) is 71.2 Å². The minimum absolute atomic E-state index is 0.221. The van der Waals surface area contributed by atoms with E-state index >= 15 is 0 Å². The first-order valence-corrected chi connectivity index (χ1v) is 9.40. The second-order valence-electron chi connectivity index (χ2n) is 4.60. The van der Waals surface area contributed by atoms with E-state index in [1.54, 1.807) is 44.2 Å². The molecule has 0 saturated heterocycles. The lowest BCUT2D eigenvalue weighted by Gasteiger charge is -2.13. The summed E-state index contributed by atoms with van der Waals surface area (Å²) in [6.07, 6.45) is 0. The molecule has 2 rings (SSSR count). The summed E-state index contributed by atoms with van der Waals surface area (Å²) in [4.78, 5) is 0.221. The summed E-state index contributed by atoms with van der Waals surface area (Å²) in [5.74, 6) is 0. The lowest BCUT2D eigenvalue weighted by molar-refractivity contribution is 0.600. The van der Waals surface area contributed by atoms with Crippen molar-refractivity contribution in [1.82, 2.24) is 0 Å². The molecule has 0 aliphatic rings. The highest BCUT2D eigenvalue weighted by molar-refractivity contribution is 9.11. The predicted molar refractivity (Wildman–Crippen MR) is 93.6 cm³/mol. The van der Waals surface area contributed by atoms with Crippen LogP contribution in [0.3, 0.4) is 0 Å². The van der Waals surface area contributed by atoms with Crippen LogP contribution in [0.2, 0.25) is 5.02 Å². The second kappa shape index (κ2) is 6.28. The highest BCUT2D eigenvalue weighted by atomic mass is 79.9. The lowest BCUT2D eigenvalue weighted by Crippen LogP contribution is -2.15. The summed E-state index contributed by atoms with van der Waals surface area (Å²) in [6, 6.07) is 8.46. The summed E-state index contributed by atoms with van der Waals surface area (Å²) < 4.78 is 29.2. The van der Waals surface area contributed by atoms with Crippen LogP contribution in [0.15, 0.2) is 44.2 Å². The van der Waals surface area contributed by atoms with Gasteiger partial charge in [-0.25, -0.2) is 8.42 Å². The van der Waals surface area contributed by atoms with Crippen LogP contribution in [0.4, 0.5) is 5.69 Å². The quantitative estimate of drug-likeness (QED) is 0.687. The Balaban J connectivity index is 2.46. The number of rotatable bonds is 3. The summed E-state index contributed by atoms with van der Waals surface area (Å²) in [6.45, 7) is 3.49. The fourth-order valence-corrected chi connectivity index (χ4v) is 4.70. The second-order valence-corrected chi connectivity index (χ2v) is 8.42. The van der Waals surface area contributed by atoms with Gasteiger partial charge in [0.05, 0.1) is 10.6 Å². The molecule has 2 aromatic carbocycles. The minimum atomic E-state index is -3.67. The van der Waals surface area contributed by atoms with Crippen molar-refractivity contribution >= 4 is 59.2 Å². The van der Waals surface area contributed by atoms with Gasteiger partial charge >= 0.3 is 0 Å². The van der Waals surface area contributed by atoms with Crippen molar-refractivity contribution in [2.24, 2.45) is 0 Å². The zero-order chi connectivity index (χ0) is 15.8. The predicted octanol–water partition coefficient (Wildman–Crippen LogP) is 5.28. The van der Waals surface area contributed by atoms with Crippen molar-refractivity contribution in [1.29, 1.82) is 0 Å². The monoisotopic (exact) mass is 451 g/mol. The smallest absolute Gasteiger partial charge is 0.262 e. The molecule has 21 heavy (non-hydrogen) atoms. The number of halogens is 3. The highest BCUT2D eigenvalue weighted by Crippen LogP contribution is 2.30. The van der Waals surface area contributed by atoms with Gasteiger partial charge in [0.2, 0.25) is 0 Å². The number of aryl methyl sites for hydroxylation is 2. The van der Waals surface area contributed by atoms with Gasteiger partial charge < -0.3 is 0 Å². The van der Waals surface area contributed by atoms with Gasteiger partial charge in [-0.2, -0.15) is 0 Å².